The van der Waals surface area contributed by atoms with Crippen LogP contribution in [0, 0.1) is 11.3 Å². The molecule has 4 rings (SSSR count). The van der Waals surface area contributed by atoms with Crippen LogP contribution in [0.3, 0.4) is 0 Å². The molecule has 0 N–H and O–H groups in total. The van der Waals surface area contributed by atoms with Gasteiger partial charge in [0, 0.05) is 44.3 Å². The van der Waals surface area contributed by atoms with Crippen LogP contribution in [0.1, 0.15) is 65.2 Å². The highest BCUT2D eigenvalue weighted by molar-refractivity contribution is 5.97. The van der Waals surface area contributed by atoms with Crippen LogP contribution in [-0.4, -0.2) is 29.5 Å². The van der Waals surface area contributed by atoms with E-state index in [-0.39, 0.29) is 11.1 Å². The van der Waals surface area contributed by atoms with Crippen molar-refractivity contribution < 1.29 is 9.53 Å². The fourth-order valence-electron chi connectivity index (χ4n) is 5.08. The highest BCUT2D eigenvalue weighted by atomic mass is 16.5. The smallest absolute Gasteiger partial charge is 0.163 e. The van der Waals surface area contributed by atoms with Crippen LogP contribution in [0.2, 0.25) is 0 Å². The van der Waals surface area contributed by atoms with Crippen molar-refractivity contribution in [1.29, 1.82) is 0 Å². The molecular weight excluding hydrogens is 262 g/mol. The number of ether oxygens (including phenoxy) is 1. The Morgan fingerprint density at radius 2 is 1.90 bits per heavy atom. The maximum atomic E-state index is 12.6. The van der Waals surface area contributed by atoms with Gasteiger partial charge in [-0.2, -0.15) is 0 Å². The lowest BCUT2D eigenvalue weighted by Crippen LogP contribution is -2.56. The summed E-state index contributed by atoms with van der Waals surface area (Å²) >= 11 is 0. The monoisotopic (exact) mass is 289 g/mol. The number of carbonyl (C=O) groups is 1. The molecule has 0 aromatic rings. The number of Topliss-reactive ketones (excluding diaryl/α,β-unsaturated/α-hetero) is 1. The van der Waals surface area contributed by atoms with Gasteiger partial charge in [-0.15, -0.1) is 0 Å². The largest absolute Gasteiger partial charge is 0.476 e. The highest BCUT2D eigenvalue weighted by Gasteiger charge is 2.52. The number of hydrogen-bond donors (Lipinski definition) is 0. The second kappa shape index (κ2) is 4.58. The molecule has 4 aliphatic rings. The van der Waals surface area contributed by atoms with E-state index in [0.29, 0.717) is 18.1 Å². The fourth-order valence-corrected chi connectivity index (χ4v) is 5.08. The molecule has 2 atom stereocenters. The zero-order valence-corrected chi connectivity index (χ0v) is 13.4. The number of likely N-dealkylation sites (tertiary alicyclic amines) is 1. The van der Waals surface area contributed by atoms with E-state index in [1.54, 1.807) is 0 Å². The normalized spacial score (nSPS) is 39.1. The number of carbonyl (C=O) groups excluding carboxylic acids is 1. The molecule has 2 heterocycles. The third-order valence-corrected chi connectivity index (χ3v) is 5.97. The van der Waals surface area contributed by atoms with Gasteiger partial charge in [0.05, 0.1) is 0 Å². The predicted octanol–water partition coefficient (Wildman–Crippen LogP) is 3.64. The summed E-state index contributed by atoms with van der Waals surface area (Å²) in [4.78, 5) is 15.2. The number of nitrogens with zero attached hydrogens (tertiary/aromatic N) is 1. The van der Waals surface area contributed by atoms with Crippen LogP contribution >= 0.6 is 0 Å². The Morgan fingerprint density at radius 1 is 1.14 bits per heavy atom. The molecule has 3 heteroatoms. The summed E-state index contributed by atoms with van der Waals surface area (Å²) in [6, 6.07) is 0. The molecule has 0 amide bonds. The van der Waals surface area contributed by atoms with Crippen LogP contribution in [0.15, 0.2) is 11.3 Å². The molecule has 0 radical (unpaired) electrons. The first-order valence-corrected chi connectivity index (χ1v) is 8.69. The SMILES string of the molecule is CC1(C)CC(=O)C2=C(C1)O[C@@]1(N3CCCC3)CCC[C@@H]2C1. The molecule has 2 aliphatic heterocycles. The first-order chi connectivity index (χ1) is 9.99. The van der Waals surface area contributed by atoms with Gasteiger partial charge in [-0.1, -0.05) is 13.8 Å². The van der Waals surface area contributed by atoms with Crippen LogP contribution in [0.5, 0.6) is 0 Å². The minimum Gasteiger partial charge on any atom is -0.476 e. The van der Waals surface area contributed by atoms with Crippen molar-refractivity contribution in [1.82, 2.24) is 4.90 Å². The molecule has 21 heavy (non-hydrogen) atoms. The summed E-state index contributed by atoms with van der Waals surface area (Å²) < 4.78 is 6.62. The lowest BCUT2D eigenvalue weighted by molar-refractivity contribution is -0.170. The van der Waals surface area contributed by atoms with E-state index in [4.69, 9.17) is 4.74 Å². The Morgan fingerprint density at radius 3 is 2.67 bits per heavy atom. The van der Waals surface area contributed by atoms with Gasteiger partial charge in [0.2, 0.25) is 0 Å². The molecule has 2 aliphatic carbocycles. The topological polar surface area (TPSA) is 29.5 Å². The van der Waals surface area contributed by atoms with Crippen LogP contribution in [-0.2, 0) is 9.53 Å². The lowest BCUT2D eigenvalue weighted by Gasteiger charge is -2.53. The van der Waals surface area contributed by atoms with Crippen molar-refractivity contribution in [2.45, 2.75) is 70.9 Å². The zero-order valence-electron chi connectivity index (χ0n) is 13.4. The molecule has 116 valence electrons. The van der Waals surface area contributed by atoms with E-state index >= 15 is 0 Å². The molecule has 0 unspecified atom stereocenters. The Bertz CT molecular complexity index is 501. The second-order valence-electron chi connectivity index (χ2n) is 8.31. The van der Waals surface area contributed by atoms with Crippen LogP contribution in [0.25, 0.3) is 0 Å². The summed E-state index contributed by atoms with van der Waals surface area (Å²) in [5.74, 6) is 1.88. The Hall–Kier alpha value is -0.830. The average molecular weight is 289 g/mol. The molecule has 2 bridgehead atoms. The molecule has 1 saturated carbocycles. The molecular formula is C18H27NO2. The van der Waals surface area contributed by atoms with Gasteiger partial charge in [0.15, 0.2) is 11.5 Å². The van der Waals surface area contributed by atoms with Crippen LogP contribution in [0.4, 0.5) is 0 Å². The number of hydrogen-bond acceptors (Lipinski definition) is 3. The molecule has 2 fully saturated rings. The van der Waals surface area contributed by atoms with Crippen LogP contribution < -0.4 is 0 Å². The number of rotatable bonds is 1. The van der Waals surface area contributed by atoms with Crippen molar-refractivity contribution in [3.63, 3.8) is 0 Å². The lowest BCUT2D eigenvalue weighted by atomic mass is 9.67. The summed E-state index contributed by atoms with van der Waals surface area (Å²) in [6.07, 6.45) is 8.83. The van der Waals surface area contributed by atoms with E-state index < -0.39 is 0 Å². The maximum absolute atomic E-state index is 12.6. The second-order valence-corrected chi connectivity index (χ2v) is 8.31. The first-order valence-electron chi connectivity index (χ1n) is 8.69. The fraction of sp³-hybridized carbons (Fsp3) is 0.833. The van der Waals surface area contributed by atoms with Gasteiger partial charge in [-0.3, -0.25) is 9.69 Å². The van der Waals surface area contributed by atoms with Gasteiger partial charge in [0.1, 0.15) is 5.76 Å². The van der Waals surface area contributed by atoms with Gasteiger partial charge in [0.25, 0.3) is 0 Å². The third-order valence-electron chi connectivity index (χ3n) is 5.97. The molecule has 3 nitrogen and oxygen atoms in total. The maximum Gasteiger partial charge on any atom is 0.163 e. The van der Waals surface area contributed by atoms with Crippen molar-refractivity contribution in [3.8, 4) is 0 Å². The van der Waals surface area contributed by atoms with Crippen molar-refractivity contribution in [2.24, 2.45) is 11.3 Å². The van der Waals surface area contributed by atoms with Crippen molar-refractivity contribution >= 4 is 5.78 Å². The average Bonchev–Trinajstić information content (AvgIpc) is 2.90. The van der Waals surface area contributed by atoms with Gasteiger partial charge < -0.3 is 4.74 Å². The Kier molecular flexibility index (Phi) is 3.01. The Balaban J connectivity index is 1.72. The number of allylic oxidation sites excluding steroid dienone is 2. The number of ketones is 1. The third kappa shape index (κ3) is 2.16. The first kappa shape index (κ1) is 13.8. The quantitative estimate of drug-likeness (QED) is 0.738. The van der Waals surface area contributed by atoms with E-state index in [1.165, 1.54) is 38.8 Å². The van der Waals surface area contributed by atoms with Crippen molar-refractivity contribution in [2.75, 3.05) is 13.1 Å². The number of fused-ring (bicyclic) bond motifs is 3. The highest BCUT2D eigenvalue weighted by Crippen LogP contribution is 2.52. The molecule has 0 aromatic heterocycles. The Labute approximate surface area is 127 Å². The summed E-state index contributed by atoms with van der Waals surface area (Å²) in [5, 5.41) is 0. The van der Waals surface area contributed by atoms with E-state index in [1.807, 2.05) is 0 Å². The predicted molar refractivity (Wildman–Crippen MR) is 81.6 cm³/mol. The standard InChI is InChI=1S/C18H27NO2/c1-17(2)11-14(20)16-13-6-5-7-18(10-13,21-15(16)12-17)19-8-3-4-9-19/h13H,3-12H2,1-2H3/t13-,18+/m1/s1. The summed E-state index contributed by atoms with van der Waals surface area (Å²) in [7, 11) is 0. The minimum atomic E-state index is -0.0774. The zero-order chi connectivity index (χ0) is 14.7. The van der Waals surface area contributed by atoms with E-state index in [9.17, 15) is 4.79 Å². The molecule has 1 saturated heterocycles. The summed E-state index contributed by atoms with van der Waals surface area (Å²) in [6.45, 7) is 6.75. The molecule has 0 spiro atoms. The van der Waals surface area contributed by atoms with Gasteiger partial charge in [-0.05, 0) is 37.0 Å². The van der Waals surface area contributed by atoms with E-state index in [0.717, 1.165) is 30.6 Å². The van der Waals surface area contributed by atoms with E-state index in [2.05, 4.69) is 18.7 Å². The minimum absolute atomic E-state index is 0.0632. The van der Waals surface area contributed by atoms with Gasteiger partial charge in [-0.25, -0.2) is 0 Å². The molecule has 0 aromatic carbocycles. The van der Waals surface area contributed by atoms with Gasteiger partial charge >= 0.3 is 0 Å². The van der Waals surface area contributed by atoms with Crippen molar-refractivity contribution in [3.05, 3.63) is 11.3 Å². The summed E-state index contributed by atoms with van der Waals surface area (Å²) in [5.41, 5.74) is 1.06.